The van der Waals surface area contributed by atoms with Crippen LogP contribution in [0, 0.1) is 13.8 Å². The Morgan fingerprint density at radius 3 is 2.60 bits per heavy atom. The first kappa shape index (κ1) is 12.5. The van der Waals surface area contributed by atoms with Crippen molar-refractivity contribution in [1.82, 2.24) is 0 Å². The molecule has 1 heterocycles. The highest BCUT2D eigenvalue weighted by Crippen LogP contribution is 2.39. The Morgan fingerprint density at radius 2 is 1.90 bits per heavy atom. The van der Waals surface area contributed by atoms with Crippen molar-refractivity contribution in [2.75, 3.05) is 7.11 Å². The van der Waals surface area contributed by atoms with E-state index >= 15 is 0 Å². The van der Waals surface area contributed by atoms with Gasteiger partial charge in [0.1, 0.15) is 0 Å². The minimum atomic E-state index is -0.422. The second-order valence-electron chi connectivity index (χ2n) is 4.84. The maximum absolute atomic E-state index is 12.2. The molecule has 0 bridgehead atoms. The van der Waals surface area contributed by atoms with Crippen molar-refractivity contribution in [2.24, 2.45) is 0 Å². The Labute approximate surface area is 115 Å². The fourth-order valence-corrected chi connectivity index (χ4v) is 2.67. The summed E-state index contributed by atoms with van der Waals surface area (Å²) in [6, 6.07) is 7.27. The quantitative estimate of drug-likeness (QED) is 0.544. The zero-order valence-electron chi connectivity index (χ0n) is 11.5. The molecule has 102 valence electrons. The first-order valence-electron chi connectivity index (χ1n) is 6.27. The molecule has 2 aromatic carbocycles. The molecule has 1 aromatic heterocycles. The van der Waals surface area contributed by atoms with Gasteiger partial charge in [-0.3, -0.25) is 0 Å². The van der Waals surface area contributed by atoms with E-state index in [2.05, 4.69) is 0 Å². The highest BCUT2D eigenvalue weighted by molar-refractivity contribution is 6.09. The van der Waals surface area contributed by atoms with E-state index in [0.717, 1.165) is 21.9 Å². The molecule has 0 unspecified atom stereocenters. The van der Waals surface area contributed by atoms with Crippen LogP contribution < -0.4 is 10.4 Å². The first-order chi connectivity index (χ1) is 9.54. The third kappa shape index (κ3) is 1.58. The summed E-state index contributed by atoms with van der Waals surface area (Å²) in [4.78, 5) is 12.2. The maximum atomic E-state index is 12.2. The van der Waals surface area contributed by atoms with Crippen molar-refractivity contribution < 1.29 is 14.3 Å². The number of aryl methyl sites for hydroxylation is 2. The van der Waals surface area contributed by atoms with E-state index in [0.29, 0.717) is 5.39 Å². The Balaban J connectivity index is 2.69. The number of phenols is 1. The average molecular weight is 270 g/mol. The van der Waals surface area contributed by atoms with Crippen LogP contribution in [0.2, 0.25) is 0 Å². The Kier molecular flexibility index (Phi) is 2.67. The van der Waals surface area contributed by atoms with Crippen molar-refractivity contribution in [3.63, 3.8) is 0 Å². The number of hydrogen-bond acceptors (Lipinski definition) is 4. The van der Waals surface area contributed by atoms with Crippen LogP contribution in [-0.4, -0.2) is 12.2 Å². The monoisotopic (exact) mass is 270 g/mol. The summed E-state index contributed by atoms with van der Waals surface area (Å²) in [6.45, 7) is 3.74. The van der Waals surface area contributed by atoms with Gasteiger partial charge >= 0.3 is 5.63 Å². The molecule has 4 nitrogen and oxygen atoms in total. The third-order valence-electron chi connectivity index (χ3n) is 3.56. The van der Waals surface area contributed by atoms with Gasteiger partial charge in [0.2, 0.25) is 5.75 Å². The highest BCUT2D eigenvalue weighted by atomic mass is 16.5. The predicted molar refractivity (Wildman–Crippen MR) is 77.7 cm³/mol. The van der Waals surface area contributed by atoms with Crippen LogP contribution in [0.15, 0.2) is 33.5 Å². The highest BCUT2D eigenvalue weighted by Gasteiger charge is 2.17. The molecule has 4 heteroatoms. The minimum Gasteiger partial charge on any atom is -0.504 e. The lowest BCUT2D eigenvalue weighted by Gasteiger charge is -2.11. The molecular weight excluding hydrogens is 256 g/mol. The first-order valence-corrected chi connectivity index (χ1v) is 6.27. The Hall–Kier alpha value is -2.49. The number of aromatic hydroxyl groups is 1. The van der Waals surface area contributed by atoms with Crippen LogP contribution in [0.3, 0.4) is 0 Å². The second-order valence-corrected chi connectivity index (χ2v) is 4.84. The maximum Gasteiger partial charge on any atom is 0.344 e. The van der Waals surface area contributed by atoms with Gasteiger partial charge in [0.05, 0.1) is 12.5 Å². The topological polar surface area (TPSA) is 59.7 Å². The molecule has 0 spiro atoms. The van der Waals surface area contributed by atoms with Gasteiger partial charge in [-0.05, 0) is 31.0 Å². The number of rotatable bonds is 1. The Morgan fingerprint density at radius 1 is 1.15 bits per heavy atom. The molecule has 0 aliphatic carbocycles. The van der Waals surface area contributed by atoms with Crippen molar-refractivity contribution in [1.29, 1.82) is 0 Å². The molecule has 3 aromatic rings. The largest absolute Gasteiger partial charge is 0.504 e. The molecule has 0 aliphatic rings. The zero-order valence-corrected chi connectivity index (χ0v) is 11.5. The van der Waals surface area contributed by atoms with Gasteiger partial charge in [-0.1, -0.05) is 18.2 Å². The summed E-state index contributed by atoms with van der Waals surface area (Å²) in [7, 11) is 1.43. The van der Waals surface area contributed by atoms with Crippen LogP contribution in [-0.2, 0) is 0 Å². The normalized spacial score (nSPS) is 11.2. The van der Waals surface area contributed by atoms with E-state index in [9.17, 15) is 9.90 Å². The molecule has 0 atom stereocenters. The van der Waals surface area contributed by atoms with Gasteiger partial charge < -0.3 is 14.3 Å². The van der Waals surface area contributed by atoms with E-state index in [4.69, 9.17) is 9.15 Å². The number of phenolic OH excluding ortho intramolecular Hbond substituents is 1. The molecule has 0 saturated heterocycles. The lowest BCUT2D eigenvalue weighted by atomic mass is 10.00. The fraction of sp³-hybridized carbons (Fsp3) is 0.188. The van der Waals surface area contributed by atoms with Gasteiger partial charge in [0, 0.05) is 10.8 Å². The zero-order chi connectivity index (χ0) is 14.4. The lowest BCUT2D eigenvalue weighted by molar-refractivity contribution is 0.369. The van der Waals surface area contributed by atoms with Gasteiger partial charge in [0.25, 0.3) is 0 Å². The average Bonchev–Trinajstić information content (AvgIpc) is 2.38. The summed E-state index contributed by atoms with van der Waals surface area (Å²) in [5.41, 5.74) is 1.56. The van der Waals surface area contributed by atoms with E-state index in [-0.39, 0.29) is 17.1 Å². The van der Waals surface area contributed by atoms with Crippen LogP contribution in [0.4, 0.5) is 0 Å². The van der Waals surface area contributed by atoms with Crippen LogP contribution in [0.5, 0.6) is 11.5 Å². The van der Waals surface area contributed by atoms with E-state index in [1.165, 1.54) is 7.11 Å². The van der Waals surface area contributed by atoms with Gasteiger partial charge in [0.15, 0.2) is 11.3 Å². The van der Waals surface area contributed by atoms with Crippen molar-refractivity contribution in [3.05, 3.63) is 45.8 Å². The summed E-state index contributed by atoms with van der Waals surface area (Å²) >= 11 is 0. The summed E-state index contributed by atoms with van der Waals surface area (Å²) in [5.74, 6) is 0.152. The molecule has 0 fully saturated rings. The molecular formula is C16H14O4. The molecule has 1 N–H and O–H groups in total. The van der Waals surface area contributed by atoms with Crippen LogP contribution in [0.25, 0.3) is 21.7 Å². The van der Waals surface area contributed by atoms with Crippen LogP contribution in [0.1, 0.15) is 11.1 Å². The molecule has 0 amide bonds. The lowest BCUT2D eigenvalue weighted by Crippen LogP contribution is -2.03. The van der Waals surface area contributed by atoms with Gasteiger partial charge in [-0.25, -0.2) is 4.79 Å². The van der Waals surface area contributed by atoms with Crippen LogP contribution >= 0.6 is 0 Å². The standard InChI is InChI=1S/C16H14O4/c1-8-5-4-6-10-12-9(2)7-11(17)14(19-3)15(12)20-16(18)13(8)10/h4-7,17H,1-3H3. The number of hydrogen-bond donors (Lipinski definition) is 1. The molecule has 0 saturated carbocycles. The van der Waals surface area contributed by atoms with Crippen molar-refractivity contribution in [3.8, 4) is 11.5 Å². The third-order valence-corrected chi connectivity index (χ3v) is 3.56. The molecule has 0 radical (unpaired) electrons. The summed E-state index contributed by atoms with van der Waals surface area (Å²) < 4.78 is 10.6. The fourth-order valence-electron chi connectivity index (χ4n) is 2.67. The van der Waals surface area contributed by atoms with Gasteiger partial charge in [-0.2, -0.15) is 0 Å². The SMILES string of the molecule is COc1c(O)cc(C)c2c1oc(=O)c1c(C)cccc12. The molecule has 3 rings (SSSR count). The predicted octanol–water partition coefficient (Wildman–Crippen LogP) is 3.28. The van der Waals surface area contributed by atoms with E-state index in [1.807, 2.05) is 32.0 Å². The smallest absolute Gasteiger partial charge is 0.344 e. The second kappa shape index (κ2) is 4.27. The number of fused-ring (bicyclic) bond motifs is 3. The minimum absolute atomic E-state index is 0.0346. The summed E-state index contributed by atoms with van der Waals surface area (Å²) in [5, 5.41) is 12.1. The van der Waals surface area contributed by atoms with Crippen molar-refractivity contribution >= 4 is 21.7 Å². The number of ether oxygens (including phenoxy) is 1. The number of benzene rings is 2. The van der Waals surface area contributed by atoms with Crippen molar-refractivity contribution in [2.45, 2.75) is 13.8 Å². The summed E-state index contributed by atoms with van der Waals surface area (Å²) in [6.07, 6.45) is 0. The molecule has 20 heavy (non-hydrogen) atoms. The number of methoxy groups -OCH3 is 1. The Bertz CT molecular complexity index is 890. The molecule has 0 aliphatic heterocycles. The van der Waals surface area contributed by atoms with E-state index in [1.54, 1.807) is 6.07 Å². The van der Waals surface area contributed by atoms with E-state index < -0.39 is 5.63 Å². The van der Waals surface area contributed by atoms with Gasteiger partial charge in [-0.15, -0.1) is 0 Å².